The zero-order valence-electron chi connectivity index (χ0n) is 10.8. The number of rotatable bonds is 6. The topological polar surface area (TPSA) is 24.5 Å². The molecule has 0 bridgehead atoms. The van der Waals surface area contributed by atoms with Gasteiger partial charge in [0, 0.05) is 38.5 Å². The molecule has 17 heavy (non-hydrogen) atoms. The van der Waals surface area contributed by atoms with Crippen LogP contribution >= 0.6 is 0 Å². The van der Waals surface area contributed by atoms with E-state index >= 15 is 0 Å². The number of hydrogen-bond donors (Lipinski definition) is 1. The minimum absolute atomic E-state index is 0.622. The van der Waals surface area contributed by atoms with E-state index in [1.54, 1.807) is 7.11 Å². The molecule has 1 aliphatic rings. The largest absolute Gasteiger partial charge is 0.383 e. The Kier molecular flexibility index (Phi) is 4.40. The first-order valence-electron chi connectivity index (χ1n) is 6.37. The number of nitrogens with one attached hydrogen (secondary N) is 1. The summed E-state index contributed by atoms with van der Waals surface area (Å²) in [6, 6.07) is 9.35. The second-order valence-electron chi connectivity index (χ2n) is 4.62. The molecule has 2 rings (SSSR count). The van der Waals surface area contributed by atoms with E-state index < -0.39 is 0 Å². The molecular weight excluding hydrogens is 212 g/mol. The Morgan fingerprint density at radius 2 is 2.18 bits per heavy atom. The summed E-state index contributed by atoms with van der Waals surface area (Å²) in [4.78, 5) is 2.50. The third-order valence-electron chi connectivity index (χ3n) is 3.36. The summed E-state index contributed by atoms with van der Waals surface area (Å²) in [6.45, 7) is 6.10. The van der Waals surface area contributed by atoms with Crippen LogP contribution in [0.25, 0.3) is 0 Å². The van der Waals surface area contributed by atoms with Crippen molar-refractivity contribution in [2.24, 2.45) is 0 Å². The van der Waals surface area contributed by atoms with Crippen molar-refractivity contribution in [3.8, 4) is 0 Å². The highest BCUT2D eigenvalue weighted by atomic mass is 16.5. The van der Waals surface area contributed by atoms with Crippen molar-refractivity contribution in [1.82, 2.24) is 5.32 Å². The molecular formula is C14H22N2O. The number of ether oxygens (including phenoxy) is 1. The number of hydrogen-bond acceptors (Lipinski definition) is 3. The van der Waals surface area contributed by atoms with Gasteiger partial charge in [0.05, 0.1) is 6.61 Å². The number of methoxy groups -OCH3 is 1. The highest BCUT2D eigenvalue weighted by Crippen LogP contribution is 2.30. The van der Waals surface area contributed by atoms with Crippen molar-refractivity contribution < 1.29 is 4.74 Å². The van der Waals surface area contributed by atoms with E-state index in [9.17, 15) is 0 Å². The molecule has 0 aliphatic carbocycles. The molecule has 0 aromatic heterocycles. The molecule has 1 aromatic carbocycles. The van der Waals surface area contributed by atoms with Gasteiger partial charge >= 0.3 is 0 Å². The Morgan fingerprint density at radius 3 is 3.00 bits per heavy atom. The van der Waals surface area contributed by atoms with Crippen LogP contribution in [0.15, 0.2) is 24.3 Å². The van der Waals surface area contributed by atoms with Crippen LogP contribution in [0.5, 0.6) is 0 Å². The Hall–Kier alpha value is -1.06. The number of benzene rings is 1. The van der Waals surface area contributed by atoms with E-state index in [4.69, 9.17) is 4.74 Å². The van der Waals surface area contributed by atoms with Gasteiger partial charge in [-0.25, -0.2) is 0 Å². The quantitative estimate of drug-likeness (QED) is 0.758. The molecule has 0 saturated carbocycles. The van der Waals surface area contributed by atoms with Crippen LogP contribution in [0, 0.1) is 0 Å². The van der Waals surface area contributed by atoms with Gasteiger partial charge in [-0.3, -0.25) is 0 Å². The Morgan fingerprint density at radius 1 is 1.35 bits per heavy atom. The summed E-state index contributed by atoms with van der Waals surface area (Å²) < 4.78 is 5.02. The Balaban J connectivity index is 1.84. The van der Waals surface area contributed by atoms with Crippen LogP contribution in [0.2, 0.25) is 0 Å². The smallest absolute Gasteiger partial charge is 0.0587 e. The van der Waals surface area contributed by atoms with Gasteiger partial charge in [0.15, 0.2) is 0 Å². The third kappa shape index (κ3) is 2.99. The zero-order valence-corrected chi connectivity index (χ0v) is 10.8. The highest BCUT2D eigenvalue weighted by Gasteiger charge is 2.24. The molecule has 3 heteroatoms. The summed E-state index contributed by atoms with van der Waals surface area (Å²) >= 11 is 0. The molecule has 1 atom stereocenters. The van der Waals surface area contributed by atoms with Crippen molar-refractivity contribution >= 4 is 5.69 Å². The minimum Gasteiger partial charge on any atom is -0.383 e. The molecule has 0 fully saturated rings. The first-order chi connectivity index (χ1) is 8.33. The van der Waals surface area contributed by atoms with E-state index in [1.807, 2.05) is 0 Å². The SMILES string of the molecule is COCCNCCN1c2ccccc2CC1C. The minimum atomic E-state index is 0.622. The van der Waals surface area contributed by atoms with Gasteiger partial charge in [0.25, 0.3) is 0 Å². The number of para-hydroxylation sites is 1. The fourth-order valence-corrected chi connectivity index (χ4v) is 2.47. The van der Waals surface area contributed by atoms with Crippen molar-refractivity contribution in [2.45, 2.75) is 19.4 Å². The standard InChI is InChI=1S/C14H22N2O/c1-12-11-13-5-3-4-6-14(13)16(12)9-7-15-8-10-17-2/h3-6,12,15H,7-11H2,1-2H3. The zero-order chi connectivity index (χ0) is 12.1. The lowest BCUT2D eigenvalue weighted by molar-refractivity contribution is 0.199. The first kappa shape index (κ1) is 12.4. The predicted molar refractivity (Wildman–Crippen MR) is 71.7 cm³/mol. The molecule has 1 aliphatic heterocycles. The van der Waals surface area contributed by atoms with Gasteiger partial charge in [-0.2, -0.15) is 0 Å². The molecule has 1 N–H and O–H groups in total. The first-order valence-corrected chi connectivity index (χ1v) is 6.37. The van der Waals surface area contributed by atoms with Gasteiger partial charge < -0.3 is 15.0 Å². The van der Waals surface area contributed by atoms with E-state index in [2.05, 4.69) is 41.4 Å². The lowest BCUT2D eigenvalue weighted by atomic mass is 10.1. The van der Waals surface area contributed by atoms with Crippen LogP contribution in [0.1, 0.15) is 12.5 Å². The molecule has 1 unspecified atom stereocenters. The third-order valence-corrected chi connectivity index (χ3v) is 3.36. The Labute approximate surface area is 104 Å². The number of nitrogens with zero attached hydrogens (tertiary/aromatic N) is 1. The van der Waals surface area contributed by atoms with E-state index in [1.165, 1.54) is 17.7 Å². The molecule has 0 amide bonds. The second kappa shape index (κ2) is 6.03. The normalized spacial score (nSPS) is 18.5. The highest BCUT2D eigenvalue weighted by molar-refractivity contribution is 5.59. The van der Waals surface area contributed by atoms with Crippen LogP contribution in [-0.2, 0) is 11.2 Å². The molecule has 0 saturated heterocycles. The van der Waals surface area contributed by atoms with Gasteiger partial charge in [0.2, 0.25) is 0 Å². The summed E-state index contributed by atoms with van der Waals surface area (Å²) in [6.07, 6.45) is 1.17. The summed E-state index contributed by atoms with van der Waals surface area (Å²) in [5.74, 6) is 0. The predicted octanol–water partition coefficient (Wildman–Crippen LogP) is 1.67. The van der Waals surface area contributed by atoms with Gasteiger partial charge in [-0.1, -0.05) is 18.2 Å². The summed E-state index contributed by atoms with van der Waals surface area (Å²) in [5.41, 5.74) is 2.89. The average molecular weight is 234 g/mol. The van der Waals surface area contributed by atoms with Gasteiger partial charge in [-0.05, 0) is 25.0 Å². The van der Waals surface area contributed by atoms with Crippen molar-refractivity contribution in [1.29, 1.82) is 0 Å². The Bertz CT molecular complexity index is 354. The van der Waals surface area contributed by atoms with Crippen molar-refractivity contribution in [3.05, 3.63) is 29.8 Å². The maximum absolute atomic E-state index is 5.02. The fourth-order valence-electron chi connectivity index (χ4n) is 2.47. The average Bonchev–Trinajstić information content (AvgIpc) is 2.65. The monoisotopic (exact) mass is 234 g/mol. The summed E-state index contributed by atoms with van der Waals surface area (Å²) in [7, 11) is 1.74. The molecule has 1 aromatic rings. The second-order valence-corrected chi connectivity index (χ2v) is 4.62. The fraction of sp³-hybridized carbons (Fsp3) is 0.571. The lowest BCUT2D eigenvalue weighted by Crippen LogP contribution is -2.36. The maximum Gasteiger partial charge on any atom is 0.0587 e. The summed E-state index contributed by atoms with van der Waals surface area (Å²) in [5, 5.41) is 3.40. The van der Waals surface area contributed by atoms with Crippen LogP contribution in [0.3, 0.4) is 0 Å². The van der Waals surface area contributed by atoms with Gasteiger partial charge in [-0.15, -0.1) is 0 Å². The van der Waals surface area contributed by atoms with Crippen LogP contribution in [0.4, 0.5) is 5.69 Å². The molecule has 0 radical (unpaired) electrons. The van der Waals surface area contributed by atoms with E-state index in [0.717, 1.165) is 26.2 Å². The number of anilines is 1. The number of fused-ring (bicyclic) bond motifs is 1. The van der Waals surface area contributed by atoms with Crippen LogP contribution < -0.4 is 10.2 Å². The van der Waals surface area contributed by atoms with Crippen LogP contribution in [-0.4, -0.2) is 39.4 Å². The van der Waals surface area contributed by atoms with E-state index in [-0.39, 0.29) is 0 Å². The molecule has 1 heterocycles. The lowest BCUT2D eigenvalue weighted by Gasteiger charge is -2.25. The van der Waals surface area contributed by atoms with Gasteiger partial charge in [0.1, 0.15) is 0 Å². The maximum atomic E-state index is 5.02. The molecule has 0 spiro atoms. The molecule has 3 nitrogen and oxygen atoms in total. The van der Waals surface area contributed by atoms with E-state index in [0.29, 0.717) is 6.04 Å². The molecule has 94 valence electrons. The van der Waals surface area contributed by atoms with Crippen molar-refractivity contribution in [2.75, 3.05) is 38.3 Å². The van der Waals surface area contributed by atoms with Crippen molar-refractivity contribution in [3.63, 3.8) is 0 Å².